The monoisotopic (exact) mass is 386 g/mol. The normalized spacial score (nSPS) is 12.5. The van der Waals surface area contributed by atoms with E-state index in [9.17, 15) is 15.2 Å². The minimum absolute atomic E-state index is 0.000345. The van der Waals surface area contributed by atoms with Crippen molar-refractivity contribution >= 4 is 17.3 Å². The van der Waals surface area contributed by atoms with Crippen molar-refractivity contribution in [3.05, 3.63) is 63.7 Å². The molecular weight excluding hydrogens is 360 g/mol. The molecule has 0 bridgehead atoms. The van der Waals surface area contributed by atoms with Crippen LogP contribution in [0.2, 0.25) is 0 Å². The molecule has 2 aromatic carbocycles. The van der Waals surface area contributed by atoms with E-state index in [-0.39, 0.29) is 24.8 Å². The first-order chi connectivity index (χ1) is 13.4. The highest BCUT2D eigenvalue weighted by atomic mass is 16.6. The van der Waals surface area contributed by atoms with Crippen molar-refractivity contribution in [3.63, 3.8) is 0 Å². The molecule has 1 unspecified atom stereocenters. The highest BCUT2D eigenvalue weighted by Crippen LogP contribution is 2.22. The number of nitro benzene ring substituents is 1. The van der Waals surface area contributed by atoms with Gasteiger partial charge in [-0.15, -0.1) is 0 Å². The third-order valence-electron chi connectivity index (χ3n) is 4.21. The average molecular weight is 386 g/mol. The second-order valence-corrected chi connectivity index (χ2v) is 6.23. The third kappa shape index (κ3) is 5.95. The fourth-order valence-electron chi connectivity index (χ4n) is 2.68. The molecule has 0 aliphatic heterocycles. The van der Waals surface area contributed by atoms with Crippen molar-refractivity contribution in [3.8, 4) is 5.75 Å². The summed E-state index contributed by atoms with van der Waals surface area (Å²) in [6, 6.07) is 11.8. The van der Waals surface area contributed by atoms with Crippen LogP contribution in [-0.2, 0) is 12.8 Å². The van der Waals surface area contributed by atoms with Gasteiger partial charge in [0.2, 0.25) is 0 Å². The first-order valence-electron chi connectivity index (χ1n) is 9.17. The molecule has 0 heterocycles. The van der Waals surface area contributed by atoms with Crippen molar-refractivity contribution in [1.82, 2.24) is 0 Å². The second kappa shape index (κ2) is 10.3. The smallest absolute Gasteiger partial charge is 0.269 e. The van der Waals surface area contributed by atoms with E-state index in [1.807, 2.05) is 18.2 Å². The maximum absolute atomic E-state index is 10.6. The Kier molecular flexibility index (Phi) is 7.76. The van der Waals surface area contributed by atoms with Crippen LogP contribution in [0.4, 0.5) is 11.4 Å². The van der Waals surface area contributed by atoms with E-state index < -0.39 is 11.0 Å². The van der Waals surface area contributed by atoms with E-state index in [1.165, 1.54) is 24.3 Å². The second-order valence-electron chi connectivity index (χ2n) is 6.23. The lowest BCUT2D eigenvalue weighted by atomic mass is 10.0. The van der Waals surface area contributed by atoms with Crippen LogP contribution in [0.5, 0.6) is 5.75 Å². The number of nitrogens with zero attached hydrogens (tertiary/aromatic N) is 2. The number of nitrogens with two attached hydrogens (primary N) is 1. The van der Waals surface area contributed by atoms with Gasteiger partial charge in [0.1, 0.15) is 18.5 Å². The van der Waals surface area contributed by atoms with Gasteiger partial charge in [-0.1, -0.05) is 32.0 Å². The highest BCUT2D eigenvalue weighted by molar-refractivity contribution is 5.93. The predicted octanol–water partition coefficient (Wildman–Crippen LogP) is 2.89. The van der Waals surface area contributed by atoms with Gasteiger partial charge in [0.25, 0.3) is 5.69 Å². The van der Waals surface area contributed by atoms with E-state index in [0.717, 1.165) is 29.7 Å². The van der Waals surface area contributed by atoms with Crippen LogP contribution in [0.3, 0.4) is 0 Å². The summed E-state index contributed by atoms with van der Waals surface area (Å²) in [7, 11) is 0. The molecule has 0 aromatic heterocycles. The van der Waals surface area contributed by atoms with Crippen molar-refractivity contribution < 1.29 is 14.8 Å². The molecule has 8 heteroatoms. The molecule has 1 atom stereocenters. The molecule has 2 aromatic rings. The van der Waals surface area contributed by atoms with Gasteiger partial charge in [-0.05, 0) is 36.1 Å². The molecule has 0 fully saturated rings. The number of aliphatic hydroxyl groups excluding tert-OH is 1. The zero-order chi connectivity index (χ0) is 20.5. The number of benzene rings is 2. The van der Waals surface area contributed by atoms with Crippen LogP contribution in [0, 0.1) is 10.1 Å². The molecule has 0 spiro atoms. The largest absolute Gasteiger partial charge is 0.491 e. The van der Waals surface area contributed by atoms with Crippen LogP contribution in [-0.4, -0.2) is 35.2 Å². The summed E-state index contributed by atoms with van der Waals surface area (Å²) >= 11 is 0. The summed E-state index contributed by atoms with van der Waals surface area (Å²) in [5, 5.41) is 23.8. The number of hydrogen-bond donors (Lipinski definition) is 3. The minimum Gasteiger partial charge on any atom is -0.491 e. The van der Waals surface area contributed by atoms with Crippen molar-refractivity contribution in [2.45, 2.75) is 32.8 Å². The average Bonchev–Trinajstić information content (AvgIpc) is 2.71. The number of aliphatic hydroxyl groups is 1. The Morgan fingerprint density at radius 3 is 2.36 bits per heavy atom. The summed E-state index contributed by atoms with van der Waals surface area (Å²) in [5.41, 5.74) is 9.23. The fraction of sp³-hybridized carbons (Fsp3) is 0.350. The maximum Gasteiger partial charge on any atom is 0.269 e. The number of rotatable bonds is 9. The SMILES string of the molecule is CCc1cccc(CC)c1NC(N)=NCC(O)COc1ccc([N+](=O)[O-])cc1. The molecule has 0 aliphatic rings. The van der Waals surface area contributed by atoms with E-state index in [1.54, 1.807) is 0 Å². The molecule has 0 saturated heterocycles. The standard InChI is InChI=1S/C20H26N4O4/c1-3-14-6-5-7-15(4-2)19(14)23-20(21)22-12-17(25)13-28-18-10-8-16(9-11-18)24(26)27/h5-11,17,25H,3-4,12-13H2,1-2H3,(H3,21,22,23). The summed E-state index contributed by atoms with van der Waals surface area (Å²) in [6.07, 6.45) is 0.882. The van der Waals surface area contributed by atoms with E-state index in [4.69, 9.17) is 10.5 Å². The molecule has 28 heavy (non-hydrogen) atoms. The van der Waals surface area contributed by atoms with Crippen LogP contribution in [0.1, 0.15) is 25.0 Å². The van der Waals surface area contributed by atoms with Crippen LogP contribution in [0.15, 0.2) is 47.5 Å². The first-order valence-corrected chi connectivity index (χ1v) is 9.17. The van der Waals surface area contributed by atoms with Gasteiger partial charge in [-0.2, -0.15) is 0 Å². The number of para-hydroxylation sites is 1. The predicted molar refractivity (Wildman–Crippen MR) is 110 cm³/mol. The molecule has 8 nitrogen and oxygen atoms in total. The number of ether oxygens (including phenoxy) is 1. The Morgan fingerprint density at radius 1 is 1.21 bits per heavy atom. The zero-order valence-electron chi connectivity index (χ0n) is 16.1. The van der Waals surface area contributed by atoms with Gasteiger partial charge in [-0.3, -0.25) is 15.1 Å². The van der Waals surface area contributed by atoms with Crippen molar-refractivity contribution in [1.29, 1.82) is 0 Å². The Balaban J connectivity index is 1.89. The summed E-state index contributed by atoms with van der Waals surface area (Å²) in [6.45, 7) is 4.22. The lowest BCUT2D eigenvalue weighted by molar-refractivity contribution is -0.384. The highest BCUT2D eigenvalue weighted by Gasteiger charge is 2.10. The van der Waals surface area contributed by atoms with Gasteiger partial charge in [-0.25, -0.2) is 0 Å². The molecule has 0 radical (unpaired) electrons. The van der Waals surface area contributed by atoms with Gasteiger partial charge in [0, 0.05) is 17.8 Å². The molecule has 0 amide bonds. The first kappa shape index (κ1) is 21.2. The number of nitro groups is 1. The number of aliphatic imine (C=N–C) groups is 1. The maximum atomic E-state index is 10.6. The van der Waals surface area contributed by atoms with Gasteiger partial charge in [0.05, 0.1) is 11.5 Å². The molecule has 0 aliphatic carbocycles. The topological polar surface area (TPSA) is 123 Å². The molecular formula is C20H26N4O4. The zero-order valence-corrected chi connectivity index (χ0v) is 16.1. The number of nitrogens with one attached hydrogen (secondary N) is 1. The number of non-ortho nitro benzene ring substituents is 1. The van der Waals surface area contributed by atoms with Crippen molar-refractivity contribution in [2.75, 3.05) is 18.5 Å². The lowest BCUT2D eigenvalue weighted by Crippen LogP contribution is -2.28. The van der Waals surface area contributed by atoms with Gasteiger partial charge < -0.3 is 20.9 Å². The van der Waals surface area contributed by atoms with Gasteiger partial charge >= 0.3 is 0 Å². The molecule has 2 rings (SSSR count). The third-order valence-corrected chi connectivity index (χ3v) is 4.21. The minimum atomic E-state index is -0.859. The van der Waals surface area contributed by atoms with E-state index in [2.05, 4.69) is 24.2 Å². The molecule has 4 N–H and O–H groups in total. The number of guanidine groups is 1. The number of anilines is 1. The van der Waals surface area contributed by atoms with Gasteiger partial charge in [0.15, 0.2) is 5.96 Å². The van der Waals surface area contributed by atoms with Crippen LogP contribution < -0.4 is 15.8 Å². The summed E-state index contributed by atoms with van der Waals surface area (Å²) < 4.78 is 5.42. The number of aryl methyl sites for hydroxylation is 2. The quantitative estimate of drug-likeness (QED) is 0.263. The summed E-state index contributed by atoms with van der Waals surface area (Å²) in [4.78, 5) is 14.3. The van der Waals surface area contributed by atoms with Crippen LogP contribution in [0.25, 0.3) is 0 Å². The summed E-state index contributed by atoms with van der Waals surface area (Å²) in [5.74, 6) is 0.661. The Hall–Kier alpha value is -3.13. The number of hydrogen-bond acceptors (Lipinski definition) is 5. The lowest BCUT2D eigenvalue weighted by Gasteiger charge is -2.15. The Labute approximate surface area is 164 Å². The Bertz CT molecular complexity index is 799. The van der Waals surface area contributed by atoms with E-state index in [0.29, 0.717) is 5.75 Å². The Morgan fingerprint density at radius 2 is 1.82 bits per heavy atom. The van der Waals surface area contributed by atoms with Crippen LogP contribution >= 0.6 is 0 Å². The molecule has 0 saturated carbocycles. The fourth-order valence-corrected chi connectivity index (χ4v) is 2.68. The molecule has 150 valence electrons. The van der Waals surface area contributed by atoms with Crippen molar-refractivity contribution in [2.24, 2.45) is 10.7 Å². The van der Waals surface area contributed by atoms with E-state index >= 15 is 0 Å².